The zero-order valence-corrected chi connectivity index (χ0v) is 16.9. The summed E-state index contributed by atoms with van der Waals surface area (Å²) in [7, 11) is 1.76. The van der Waals surface area contributed by atoms with Crippen molar-refractivity contribution in [3.63, 3.8) is 0 Å². The summed E-state index contributed by atoms with van der Waals surface area (Å²) < 4.78 is 19.8. The van der Waals surface area contributed by atoms with Gasteiger partial charge in [0.15, 0.2) is 0 Å². The van der Waals surface area contributed by atoms with Crippen LogP contribution in [-0.4, -0.2) is 42.0 Å². The minimum Gasteiger partial charge on any atom is -0.360 e. The normalized spacial score (nSPS) is 28.8. The molecule has 0 radical (unpaired) electrons. The molecule has 2 bridgehead atoms. The van der Waals surface area contributed by atoms with Crippen LogP contribution in [0.3, 0.4) is 0 Å². The minimum absolute atomic E-state index is 0.0916. The maximum atomic E-state index is 13.6. The third-order valence-corrected chi connectivity index (χ3v) is 6.47. The van der Waals surface area contributed by atoms with Gasteiger partial charge in [0.1, 0.15) is 11.4 Å². The van der Waals surface area contributed by atoms with Gasteiger partial charge in [-0.1, -0.05) is 42.5 Å². The van der Waals surface area contributed by atoms with Crippen LogP contribution in [0.15, 0.2) is 60.7 Å². The number of amides is 2. The fraction of sp³-hybridized carbons (Fsp3) is 0.333. The van der Waals surface area contributed by atoms with Crippen LogP contribution < -0.4 is 4.90 Å². The molecule has 5 nitrogen and oxygen atoms in total. The third-order valence-electron chi connectivity index (χ3n) is 6.47. The number of carbonyl (C=O) groups is 2. The quantitative estimate of drug-likeness (QED) is 0.734. The van der Waals surface area contributed by atoms with Gasteiger partial charge in [0, 0.05) is 19.3 Å². The molecular formula is C24H23FN2O3. The Bertz CT molecular complexity index is 1050. The smallest absolute Gasteiger partial charge is 0.234 e. The zero-order chi connectivity index (χ0) is 21.0. The number of benzene rings is 2. The zero-order valence-electron chi connectivity index (χ0n) is 16.9. The number of halogens is 1. The van der Waals surface area contributed by atoms with E-state index in [2.05, 4.69) is 0 Å². The summed E-state index contributed by atoms with van der Waals surface area (Å²) in [6.45, 7) is 2.59. The Balaban J connectivity index is 1.43. The second kappa shape index (κ2) is 6.77. The molecule has 0 aromatic heterocycles. The fourth-order valence-corrected chi connectivity index (χ4v) is 5.10. The molecule has 2 aromatic rings. The Morgan fingerprint density at radius 1 is 1.27 bits per heavy atom. The van der Waals surface area contributed by atoms with Crippen molar-refractivity contribution in [3.05, 3.63) is 77.6 Å². The van der Waals surface area contributed by atoms with Crippen LogP contribution in [0, 0.1) is 24.6 Å². The van der Waals surface area contributed by atoms with E-state index < -0.39 is 17.4 Å². The van der Waals surface area contributed by atoms with Crippen molar-refractivity contribution < 1.29 is 18.7 Å². The van der Waals surface area contributed by atoms with Gasteiger partial charge in [-0.15, -0.1) is 0 Å². The van der Waals surface area contributed by atoms with E-state index in [9.17, 15) is 14.0 Å². The van der Waals surface area contributed by atoms with Crippen molar-refractivity contribution in [1.82, 2.24) is 4.90 Å². The number of hydrogen-bond donors (Lipinski definition) is 0. The molecule has 3 heterocycles. The predicted molar refractivity (Wildman–Crippen MR) is 110 cm³/mol. The van der Waals surface area contributed by atoms with E-state index in [1.165, 1.54) is 12.1 Å². The van der Waals surface area contributed by atoms with E-state index in [1.807, 2.05) is 42.5 Å². The molecule has 5 rings (SSSR count). The first kappa shape index (κ1) is 19.0. The van der Waals surface area contributed by atoms with E-state index in [0.717, 1.165) is 5.56 Å². The lowest BCUT2D eigenvalue weighted by atomic mass is 9.76. The lowest BCUT2D eigenvalue weighted by molar-refractivity contribution is -0.139. The summed E-state index contributed by atoms with van der Waals surface area (Å²) in [5.41, 5.74) is 1.58. The standard InChI is InChI=1S/C24H23FN2O3/c1-15-12-17(25)8-9-18(15)27-14-24-11-10-19(30-24)20(21(24)23(27)29)22(28)26(2)13-16-6-4-3-5-7-16/h3-12,19-21H,13-14H2,1-2H3/t19-,20-,21-,24-/m0/s1. The summed E-state index contributed by atoms with van der Waals surface area (Å²) >= 11 is 0. The Hall–Kier alpha value is -2.99. The molecule has 6 heteroatoms. The molecule has 2 saturated heterocycles. The summed E-state index contributed by atoms with van der Waals surface area (Å²) in [5.74, 6) is -1.69. The summed E-state index contributed by atoms with van der Waals surface area (Å²) in [4.78, 5) is 30.1. The van der Waals surface area contributed by atoms with Crippen LogP contribution in [0.4, 0.5) is 10.1 Å². The van der Waals surface area contributed by atoms with Gasteiger partial charge in [0.2, 0.25) is 11.8 Å². The molecule has 2 amide bonds. The number of aryl methyl sites for hydroxylation is 1. The van der Waals surface area contributed by atoms with E-state index >= 15 is 0 Å². The first-order chi connectivity index (χ1) is 14.4. The topological polar surface area (TPSA) is 49.9 Å². The Morgan fingerprint density at radius 3 is 2.77 bits per heavy atom. The summed E-state index contributed by atoms with van der Waals surface area (Å²) in [6, 6.07) is 14.2. The van der Waals surface area contributed by atoms with Crippen LogP contribution in [0.1, 0.15) is 11.1 Å². The van der Waals surface area contributed by atoms with Gasteiger partial charge in [0.25, 0.3) is 0 Å². The van der Waals surface area contributed by atoms with Crippen LogP contribution in [-0.2, 0) is 20.9 Å². The van der Waals surface area contributed by atoms with Gasteiger partial charge in [-0.2, -0.15) is 0 Å². The molecule has 0 saturated carbocycles. The molecular weight excluding hydrogens is 383 g/mol. The highest BCUT2D eigenvalue weighted by atomic mass is 19.1. The Labute approximate surface area is 174 Å². The second-order valence-electron chi connectivity index (χ2n) is 8.44. The van der Waals surface area contributed by atoms with Crippen LogP contribution in [0.25, 0.3) is 0 Å². The highest BCUT2D eigenvalue weighted by Crippen LogP contribution is 2.53. The van der Waals surface area contributed by atoms with Crippen molar-refractivity contribution >= 4 is 17.5 Å². The molecule has 2 fully saturated rings. The number of hydrogen-bond acceptors (Lipinski definition) is 3. The average molecular weight is 406 g/mol. The lowest BCUT2D eigenvalue weighted by Gasteiger charge is -2.28. The fourth-order valence-electron chi connectivity index (χ4n) is 5.10. The van der Waals surface area contributed by atoms with Crippen molar-refractivity contribution in [2.24, 2.45) is 11.8 Å². The van der Waals surface area contributed by atoms with Gasteiger partial charge in [0.05, 0.1) is 24.5 Å². The number of fused-ring (bicyclic) bond motifs is 1. The molecule has 4 atom stereocenters. The molecule has 30 heavy (non-hydrogen) atoms. The van der Waals surface area contributed by atoms with Gasteiger partial charge in [-0.05, 0) is 36.2 Å². The molecule has 0 unspecified atom stereocenters. The highest BCUT2D eigenvalue weighted by Gasteiger charge is 2.67. The van der Waals surface area contributed by atoms with Gasteiger partial charge < -0.3 is 14.5 Å². The largest absolute Gasteiger partial charge is 0.360 e. The molecule has 0 N–H and O–H groups in total. The predicted octanol–water partition coefficient (Wildman–Crippen LogP) is 3.08. The number of ether oxygens (including phenoxy) is 1. The minimum atomic E-state index is -0.795. The number of carbonyl (C=O) groups excluding carboxylic acids is 2. The van der Waals surface area contributed by atoms with Gasteiger partial charge in [-0.25, -0.2) is 4.39 Å². The average Bonchev–Trinajstić information content (AvgIpc) is 3.36. The van der Waals surface area contributed by atoms with Gasteiger partial charge in [-0.3, -0.25) is 9.59 Å². The van der Waals surface area contributed by atoms with Crippen molar-refractivity contribution in [1.29, 1.82) is 0 Å². The monoisotopic (exact) mass is 406 g/mol. The number of nitrogens with zero attached hydrogens (tertiary/aromatic N) is 2. The molecule has 154 valence electrons. The SMILES string of the molecule is Cc1cc(F)ccc1N1C[C@]23C=C[C@H](O2)[C@H](C(=O)N(C)Cc2ccccc2)[C@H]3C1=O. The summed E-state index contributed by atoms with van der Waals surface area (Å²) in [6.07, 6.45) is 3.45. The van der Waals surface area contributed by atoms with Crippen molar-refractivity contribution in [3.8, 4) is 0 Å². The summed E-state index contributed by atoms with van der Waals surface area (Å²) in [5, 5.41) is 0. The van der Waals surface area contributed by atoms with Crippen molar-refractivity contribution in [2.75, 3.05) is 18.5 Å². The van der Waals surface area contributed by atoms with Crippen molar-refractivity contribution in [2.45, 2.75) is 25.2 Å². The molecule has 2 aromatic carbocycles. The van der Waals surface area contributed by atoms with Gasteiger partial charge >= 0.3 is 0 Å². The highest BCUT2D eigenvalue weighted by molar-refractivity contribution is 6.03. The van der Waals surface area contributed by atoms with E-state index in [0.29, 0.717) is 24.3 Å². The lowest BCUT2D eigenvalue weighted by Crippen LogP contribution is -2.44. The number of anilines is 1. The molecule has 3 aliphatic heterocycles. The first-order valence-electron chi connectivity index (χ1n) is 10.1. The van der Waals surface area contributed by atoms with E-state index in [4.69, 9.17) is 4.74 Å². The third kappa shape index (κ3) is 2.78. The second-order valence-corrected chi connectivity index (χ2v) is 8.44. The molecule has 1 spiro atoms. The maximum Gasteiger partial charge on any atom is 0.234 e. The Morgan fingerprint density at radius 2 is 2.03 bits per heavy atom. The van der Waals surface area contributed by atoms with Crippen LogP contribution >= 0.6 is 0 Å². The molecule has 3 aliphatic rings. The van der Waals surface area contributed by atoms with Crippen LogP contribution in [0.2, 0.25) is 0 Å². The Kier molecular flexibility index (Phi) is 4.29. The first-order valence-corrected chi connectivity index (χ1v) is 10.1. The van der Waals surface area contributed by atoms with Crippen LogP contribution in [0.5, 0.6) is 0 Å². The van der Waals surface area contributed by atoms with E-state index in [1.54, 1.807) is 29.8 Å². The van der Waals surface area contributed by atoms with E-state index in [-0.39, 0.29) is 23.7 Å². The number of rotatable bonds is 4. The maximum absolute atomic E-state index is 13.6. The molecule has 0 aliphatic carbocycles.